The number of aliphatic carboxylic acids is 1. The maximum atomic E-state index is 14.4. The van der Waals surface area contributed by atoms with Crippen molar-refractivity contribution in [2.24, 2.45) is 17.3 Å². The molecule has 3 aliphatic rings. The summed E-state index contributed by atoms with van der Waals surface area (Å²) in [7, 11) is 0. The first-order chi connectivity index (χ1) is 17.1. The van der Waals surface area contributed by atoms with Gasteiger partial charge in [-0.3, -0.25) is 4.79 Å². The summed E-state index contributed by atoms with van der Waals surface area (Å²) in [6, 6.07) is 4.71. The van der Waals surface area contributed by atoms with Crippen molar-refractivity contribution >= 4 is 35.0 Å². The van der Waals surface area contributed by atoms with E-state index in [1.54, 1.807) is 18.3 Å². The van der Waals surface area contributed by atoms with Gasteiger partial charge in [0.2, 0.25) is 0 Å². The number of likely N-dealkylation sites (tertiary alicyclic amines) is 1. The summed E-state index contributed by atoms with van der Waals surface area (Å²) in [5.74, 6) is 1.84. The van der Waals surface area contributed by atoms with Gasteiger partial charge in [-0.1, -0.05) is 29.3 Å². The number of nitrogens with one attached hydrogen (secondary N) is 1. The molecule has 2 atom stereocenters. The van der Waals surface area contributed by atoms with Gasteiger partial charge in [-0.05, 0) is 82.9 Å². The first kappa shape index (κ1) is 25.7. The normalized spacial score (nSPS) is 31.2. The average molecular weight is 535 g/mol. The van der Waals surface area contributed by atoms with Crippen LogP contribution in [-0.2, 0) is 4.79 Å². The van der Waals surface area contributed by atoms with Crippen molar-refractivity contribution in [3.05, 3.63) is 51.6 Å². The van der Waals surface area contributed by atoms with Gasteiger partial charge >= 0.3 is 5.97 Å². The lowest BCUT2D eigenvalue weighted by atomic mass is 9.64. The molecule has 2 saturated carbocycles. The maximum absolute atomic E-state index is 14.4. The van der Waals surface area contributed by atoms with Crippen LogP contribution in [0, 0.1) is 23.1 Å². The van der Waals surface area contributed by atoms with Crippen molar-refractivity contribution in [2.45, 2.75) is 70.4 Å². The Morgan fingerprint density at radius 2 is 2.03 bits per heavy atom. The first-order valence-electron chi connectivity index (χ1n) is 12.8. The highest BCUT2D eigenvalue weighted by molar-refractivity contribution is 6.32. The summed E-state index contributed by atoms with van der Waals surface area (Å²) in [6.07, 6.45) is 7.66. The van der Waals surface area contributed by atoms with E-state index < -0.39 is 11.4 Å². The fraction of sp³-hybridized carbons (Fsp3) is 0.593. The van der Waals surface area contributed by atoms with Gasteiger partial charge in [-0.2, -0.15) is 0 Å². The predicted molar refractivity (Wildman–Crippen MR) is 139 cm³/mol. The molecule has 0 bridgehead atoms. The van der Waals surface area contributed by atoms with E-state index in [1.807, 2.05) is 13.8 Å². The van der Waals surface area contributed by atoms with Crippen LogP contribution in [0.1, 0.15) is 75.7 Å². The lowest BCUT2D eigenvalue weighted by Crippen LogP contribution is -2.56. The van der Waals surface area contributed by atoms with Gasteiger partial charge in [0.05, 0.1) is 17.7 Å². The van der Waals surface area contributed by atoms with Crippen molar-refractivity contribution in [1.29, 1.82) is 0 Å². The molecule has 9 heteroatoms. The molecule has 3 fully saturated rings. The van der Waals surface area contributed by atoms with E-state index in [2.05, 4.69) is 15.2 Å². The van der Waals surface area contributed by atoms with Gasteiger partial charge < -0.3 is 15.3 Å². The molecule has 2 heterocycles. The predicted octanol–water partition coefficient (Wildman–Crippen LogP) is 6.55. The average Bonchev–Trinajstić information content (AvgIpc) is 2.78. The molecule has 2 N–H and O–H groups in total. The molecule has 1 aromatic heterocycles. The van der Waals surface area contributed by atoms with Crippen LogP contribution in [-0.4, -0.2) is 45.1 Å². The third-order valence-electron chi connectivity index (χ3n) is 8.65. The minimum Gasteiger partial charge on any atom is -0.481 e. The first-order valence-corrected chi connectivity index (χ1v) is 13.6. The fourth-order valence-electron chi connectivity index (χ4n) is 6.24. The number of benzene rings is 1. The monoisotopic (exact) mass is 534 g/mol. The number of hydrogen-bond donors (Lipinski definition) is 2. The number of hydrogen-bond acceptors (Lipinski definition) is 5. The second-order valence-corrected chi connectivity index (χ2v) is 12.1. The van der Waals surface area contributed by atoms with Crippen molar-refractivity contribution in [1.82, 2.24) is 14.9 Å². The Balaban J connectivity index is 1.17. The number of aromatic nitrogens is 2. The zero-order valence-electron chi connectivity index (χ0n) is 20.7. The lowest BCUT2D eigenvalue weighted by molar-refractivity contribution is -0.158. The number of rotatable bonds is 7. The Bertz CT molecular complexity index is 1140. The number of halogens is 3. The topological polar surface area (TPSA) is 78.4 Å². The number of anilines is 1. The Morgan fingerprint density at radius 3 is 2.72 bits per heavy atom. The maximum Gasteiger partial charge on any atom is 0.309 e. The number of carbonyl (C=O) groups is 1. The molecule has 36 heavy (non-hydrogen) atoms. The van der Waals surface area contributed by atoms with Gasteiger partial charge in [0, 0.05) is 29.1 Å². The quantitative estimate of drug-likeness (QED) is 0.419. The van der Waals surface area contributed by atoms with E-state index >= 15 is 0 Å². The fourth-order valence-corrected chi connectivity index (χ4v) is 6.55. The molecule has 6 nitrogen and oxygen atoms in total. The molecule has 0 spiro atoms. The Hall–Kier alpha value is -1.96. The SMILES string of the molecule is CC(Nc1nc(C2CC([C@H]3CCCN(C4CC(C)(C(=O)O)C4)C3)C2)ncc1Cl)c1ccc(Cl)cc1F. The number of piperidine rings is 1. The molecular weight excluding hydrogens is 502 g/mol. The molecule has 1 unspecified atom stereocenters. The van der Waals surface area contributed by atoms with Crippen LogP contribution >= 0.6 is 23.2 Å². The smallest absolute Gasteiger partial charge is 0.309 e. The van der Waals surface area contributed by atoms with Crippen LogP contribution < -0.4 is 5.32 Å². The van der Waals surface area contributed by atoms with E-state index in [-0.39, 0.29) is 11.9 Å². The molecule has 194 valence electrons. The van der Waals surface area contributed by atoms with E-state index in [4.69, 9.17) is 28.2 Å². The second-order valence-electron chi connectivity index (χ2n) is 11.2. The van der Waals surface area contributed by atoms with Gasteiger partial charge in [-0.25, -0.2) is 14.4 Å². The van der Waals surface area contributed by atoms with Crippen LogP contribution in [0.2, 0.25) is 10.0 Å². The molecule has 0 radical (unpaired) electrons. The van der Waals surface area contributed by atoms with Crippen molar-refractivity contribution in [2.75, 3.05) is 18.4 Å². The summed E-state index contributed by atoms with van der Waals surface area (Å²) in [5.41, 5.74) is -0.0514. The van der Waals surface area contributed by atoms with Crippen LogP contribution in [0.15, 0.2) is 24.4 Å². The minimum atomic E-state index is -0.668. The molecule has 2 aromatic rings. The van der Waals surface area contributed by atoms with Gasteiger partial charge in [0.1, 0.15) is 22.5 Å². The largest absolute Gasteiger partial charge is 0.481 e. The van der Waals surface area contributed by atoms with Gasteiger partial charge in [0.15, 0.2) is 0 Å². The van der Waals surface area contributed by atoms with E-state index in [9.17, 15) is 14.3 Å². The Morgan fingerprint density at radius 1 is 1.28 bits per heavy atom. The highest BCUT2D eigenvalue weighted by atomic mass is 35.5. The zero-order valence-corrected chi connectivity index (χ0v) is 22.2. The molecular formula is C27H33Cl2FN4O2. The van der Waals surface area contributed by atoms with E-state index in [0.717, 1.165) is 44.6 Å². The van der Waals surface area contributed by atoms with Crippen molar-refractivity contribution in [3.8, 4) is 0 Å². The van der Waals surface area contributed by atoms with E-state index in [0.29, 0.717) is 45.2 Å². The highest BCUT2D eigenvalue weighted by Gasteiger charge is 2.50. The van der Waals surface area contributed by atoms with Gasteiger partial charge in [-0.15, -0.1) is 0 Å². The summed E-state index contributed by atoms with van der Waals surface area (Å²) >= 11 is 12.3. The summed E-state index contributed by atoms with van der Waals surface area (Å²) in [6.45, 7) is 5.87. The van der Waals surface area contributed by atoms with Crippen LogP contribution in [0.4, 0.5) is 10.2 Å². The molecule has 0 amide bonds. The number of carboxylic acids is 1. The Labute approximate surface area is 221 Å². The standard InChI is InChI=1S/C27H33Cl2FN4O2/c1-15(21-6-5-19(28)10-23(21)30)32-25-22(29)13-31-24(33-25)18-8-17(9-18)16-4-3-7-34(14-16)20-11-27(2,12-20)26(35)36/h5-6,10,13,15-18,20H,3-4,7-9,11-12,14H2,1-2H3,(H,35,36)(H,31,32,33)/t15?,16-,17?,18?,20?,27?/m0/s1. The molecule has 5 rings (SSSR count). The third-order valence-corrected chi connectivity index (χ3v) is 9.16. The van der Waals surface area contributed by atoms with Crippen molar-refractivity contribution in [3.63, 3.8) is 0 Å². The molecule has 1 aliphatic heterocycles. The van der Waals surface area contributed by atoms with Gasteiger partial charge in [0.25, 0.3) is 0 Å². The summed E-state index contributed by atoms with van der Waals surface area (Å²) in [4.78, 5) is 23.2. The van der Waals surface area contributed by atoms with Crippen molar-refractivity contribution < 1.29 is 14.3 Å². The summed E-state index contributed by atoms with van der Waals surface area (Å²) in [5, 5.41) is 13.4. The second kappa shape index (κ2) is 10.1. The number of carboxylic acid groups (broad SMARTS) is 1. The zero-order chi connectivity index (χ0) is 25.6. The minimum absolute atomic E-state index is 0.296. The Kier molecular flexibility index (Phi) is 7.18. The van der Waals surface area contributed by atoms with Crippen LogP contribution in [0.3, 0.4) is 0 Å². The summed E-state index contributed by atoms with van der Waals surface area (Å²) < 4.78 is 14.4. The van der Waals surface area contributed by atoms with Crippen LogP contribution in [0.5, 0.6) is 0 Å². The third kappa shape index (κ3) is 5.07. The highest BCUT2D eigenvalue weighted by Crippen LogP contribution is 2.49. The lowest BCUT2D eigenvalue weighted by Gasteiger charge is -2.51. The number of nitrogens with zero attached hydrogens (tertiary/aromatic N) is 3. The van der Waals surface area contributed by atoms with E-state index in [1.165, 1.54) is 18.9 Å². The molecule has 1 saturated heterocycles. The molecule has 1 aromatic carbocycles. The van der Waals surface area contributed by atoms with Crippen LogP contribution in [0.25, 0.3) is 0 Å². The molecule has 2 aliphatic carbocycles.